The average Bonchev–Trinajstić information content (AvgIpc) is 2.96. The minimum atomic E-state index is 0.785. The third kappa shape index (κ3) is 3.06. The third-order valence-electron chi connectivity index (χ3n) is 6.94. The zero-order chi connectivity index (χ0) is 14.0. The average molecular weight is 278 g/mol. The van der Waals surface area contributed by atoms with Crippen molar-refractivity contribution in [1.29, 1.82) is 0 Å². The predicted octanol–water partition coefficient (Wildman–Crippen LogP) is 3.95. The molecular weight excluding hydrogens is 244 g/mol. The summed E-state index contributed by atoms with van der Waals surface area (Å²) in [6.45, 7) is 0. The molecule has 0 atom stereocenters. The maximum atomic E-state index is 3.46. The van der Waals surface area contributed by atoms with Gasteiger partial charge in [0.1, 0.15) is 0 Å². The van der Waals surface area contributed by atoms with Gasteiger partial charge in [-0.3, -0.25) is 0 Å². The molecule has 0 aromatic rings. The highest BCUT2D eigenvalue weighted by atomic mass is 15.2. The van der Waals surface area contributed by atoms with Gasteiger partial charge in [-0.1, -0.05) is 12.8 Å². The molecule has 0 aromatic heterocycles. The number of nitrogens with zero attached hydrogens (tertiary/aromatic N) is 1. The lowest BCUT2D eigenvalue weighted by molar-refractivity contribution is 0.0638. The van der Waals surface area contributed by atoms with E-state index in [0.717, 1.165) is 23.5 Å². The summed E-state index contributed by atoms with van der Waals surface area (Å²) in [5, 5.41) is 3.46. The van der Waals surface area contributed by atoms with Crippen LogP contribution in [0.3, 0.4) is 0 Å². The van der Waals surface area contributed by atoms with Crippen LogP contribution in [0.15, 0.2) is 0 Å². The Hall–Kier alpha value is -0.0800. The Labute approximate surface area is 125 Å². The van der Waals surface area contributed by atoms with E-state index in [-0.39, 0.29) is 0 Å². The molecule has 0 unspecified atom stereocenters. The Morgan fingerprint density at radius 2 is 1.35 bits per heavy atom. The Bertz CT molecular complexity index is 291. The van der Waals surface area contributed by atoms with Crippen molar-refractivity contribution in [3.63, 3.8) is 0 Å². The summed E-state index contributed by atoms with van der Waals surface area (Å²) in [7, 11) is 4.54. The lowest BCUT2D eigenvalue weighted by Crippen LogP contribution is -2.46. The maximum absolute atomic E-state index is 3.46. The first kappa shape index (κ1) is 14.8. The number of hydrogen-bond donors (Lipinski definition) is 1. The van der Waals surface area contributed by atoms with Crippen LogP contribution >= 0.6 is 0 Å². The monoisotopic (exact) mass is 278 g/mol. The zero-order valence-electron chi connectivity index (χ0n) is 13.7. The quantitative estimate of drug-likeness (QED) is 0.841. The summed E-state index contributed by atoms with van der Waals surface area (Å²) in [6.07, 6.45) is 17.7. The molecule has 0 bridgehead atoms. The van der Waals surface area contributed by atoms with Crippen molar-refractivity contribution >= 4 is 0 Å². The van der Waals surface area contributed by atoms with Gasteiger partial charge < -0.3 is 10.2 Å². The van der Waals surface area contributed by atoms with Crippen LogP contribution in [0.25, 0.3) is 0 Å². The van der Waals surface area contributed by atoms with E-state index < -0.39 is 0 Å². The van der Waals surface area contributed by atoms with E-state index in [1.54, 1.807) is 0 Å². The Balaban J connectivity index is 1.48. The molecule has 3 fully saturated rings. The van der Waals surface area contributed by atoms with Crippen LogP contribution in [-0.2, 0) is 0 Å². The molecule has 0 aromatic carbocycles. The molecule has 20 heavy (non-hydrogen) atoms. The van der Waals surface area contributed by atoms with Crippen LogP contribution < -0.4 is 5.32 Å². The van der Waals surface area contributed by atoms with Crippen LogP contribution in [0.1, 0.15) is 77.0 Å². The molecular formula is C18H34N2. The summed E-state index contributed by atoms with van der Waals surface area (Å²) in [4.78, 5) is 2.77. The predicted molar refractivity (Wildman–Crippen MR) is 86.0 cm³/mol. The van der Waals surface area contributed by atoms with Crippen molar-refractivity contribution in [2.75, 3.05) is 14.1 Å². The van der Waals surface area contributed by atoms with Gasteiger partial charge in [0.05, 0.1) is 0 Å². The van der Waals surface area contributed by atoms with Crippen molar-refractivity contribution in [2.45, 2.75) is 95.2 Å². The molecule has 0 radical (unpaired) electrons. The lowest BCUT2D eigenvalue weighted by atomic mass is 9.71. The van der Waals surface area contributed by atoms with E-state index in [9.17, 15) is 0 Å². The van der Waals surface area contributed by atoms with E-state index >= 15 is 0 Å². The van der Waals surface area contributed by atoms with Crippen LogP contribution in [-0.4, -0.2) is 37.1 Å². The molecule has 0 saturated heterocycles. The summed E-state index contributed by atoms with van der Waals surface area (Å²) >= 11 is 0. The molecule has 3 rings (SSSR count). The number of nitrogens with one attached hydrogen (secondary N) is 1. The fourth-order valence-corrected chi connectivity index (χ4v) is 5.32. The van der Waals surface area contributed by atoms with Crippen LogP contribution in [0, 0.1) is 5.41 Å². The first-order chi connectivity index (χ1) is 9.72. The molecule has 0 heterocycles. The molecule has 3 aliphatic rings. The highest BCUT2D eigenvalue weighted by Crippen LogP contribution is 2.49. The molecule has 1 N–H and O–H groups in total. The van der Waals surface area contributed by atoms with Crippen molar-refractivity contribution in [3.05, 3.63) is 0 Å². The molecule has 2 heteroatoms. The first-order valence-corrected chi connectivity index (χ1v) is 9.12. The molecule has 0 amide bonds. The van der Waals surface area contributed by atoms with E-state index in [1.165, 1.54) is 77.0 Å². The Morgan fingerprint density at radius 3 is 1.90 bits per heavy atom. The van der Waals surface area contributed by atoms with Crippen LogP contribution in [0.4, 0.5) is 0 Å². The minimum Gasteiger partial charge on any atom is -0.317 e. The van der Waals surface area contributed by atoms with E-state index in [1.807, 2.05) is 0 Å². The summed E-state index contributed by atoms with van der Waals surface area (Å²) in [6, 6.07) is 2.53. The highest BCUT2D eigenvalue weighted by molar-refractivity contribution is 4.93. The summed E-state index contributed by atoms with van der Waals surface area (Å²) < 4.78 is 0. The Kier molecular flexibility index (Phi) is 4.72. The summed E-state index contributed by atoms with van der Waals surface area (Å²) in [5.74, 6) is 0. The fraction of sp³-hybridized carbons (Fsp3) is 1.00. The topological polar surface area (TPSA) is 15.3 Å². The van der Waals surface area contributed by atoms with Gasteiger partial charge in [0.2, 0.25) is 0 Å². The van der Waals surface area contributed by atoms with E-state index in [2.05, 4.69) is 24.3 Å². The largest absolute Gasteiger partial charge is 0.317 e. The second-order valence-electron chi connectivity index (χ2n) is 7.90. The summed E-state index contributed by atoms with van der Waals surface area (Å²) in [5.41, 5.74) is 0.793. The smallest absolute Gasteiger partial charge is 0.00963 e. The standard InChI is InChI=1S/C18H34N2/c1-19-15-5-7-16(8-6-15)20(2)17-9-13-18(14-10-17)11-3-4-12-18/h15-17,19H,3-14H2,1-2H3. The number of rotatable bonds is 3. The Morgan fingerprint density at radius 1 is 0.800 bits per heavy atom. The van der Waals surface area contributed by atoms with Gasteiger partial charge in [-0.15, -0.1) is 0 Å². The lowest BCUT2D eigenvalue weighted by Gasteiger charge is -2.44. The van der Waals surface area contributed by atoms with Gasteiger partial charge in [-0.05, 0) is 83.7 Å². The highest BCUT2D eigenvalue weighted by Gasteiger charge is 2.39. The molecule has 1 spiro atoms. The molecule has 2 nitrogen and oxygen atoms in total. The van der Waals surface area contributed by atoms with Gasteiger partial charge in [-0.25, -0.2) is 0 Å². The fourth-order valence-electron chi connectivity index (χ4n) is 5.32. The number of hydrogen-bond acceptors (Lipinski definition) is 2. The third-order valence-corrected chi connectivity index (χ3v) is 6.94. The molecule has 116 valence electrons. The van der Waals surface area contributed by atoms with Crippen molar-refractivity contribution in [3.8, 4) is 0 Å². The van der Waals surface area contributed by atoms with Gasteiger partial charge in [0.15, 0.2) is 0 Å². The van der Waals surface area contributed by atoms with Gasteiger partial charge >= 0.3 is 0 Å². The molecule has 3 saturated carbocycles. The first-order valence-electron chi connectivity index (χ1n) is 9.12. The van der Waals surface area contributed by atoms with Crippen molar-refractivity contribution in [1.82, 2.24) is 10.2 Å². The van der Waals surface area contributed by atoms with E-state index in [0.29, 0.717) is 0 Å². The molecule has 3 aliphatic carbocycles. The SMILES string of the molecule is CNC1CCC(N(C)C2CCC3(CCCC3)CC2)CC1. The van der Waals surface area contributed by atoms with Gasteiger partial charge in [0.25, 0.3) is 0 Å². The second kappa shape index (κ2) is 6.36. The zero-order valence-corrected chi connectivity index (χ0v) is 13.7. The van der Waals surface area contributed by atoms with Crippen molar-refractivity contribution < 1.29 is 0 Å². The van der Waals surface area contributed by atoms with Crippen LogP contribution in [0.2, 0.25) is 0 Å². The van der Waals surface area contributed by atoms with E-state index in [4.69, 9.17) is 0 Å². The normalized spacial score (nSPS) is 35.0. The van der Waals surface area contributed by atoms with Crippen LogP contribution in [0.5, 0.6) is 0 Å². The maximum Gasteiger partial charge on any atom is 0.00963 e. The van der Waals surface area contributed by atoms with Crippen molar-refractivity contribution in [2.24, 2.45) is 5.41 Å². The van der Waals surface area contributed by atoms with Gasteiger partial charge in [0, 0.05) is 18.1 Å². The molecule has 0 aliphatic heterocycles. The second-order valence-corrected chi connectivity index (χ2v) is 7.90. The van der Waals surface area contributed by atoms with Gasteiger partial charge in [-0.2, -0.15) is 0 Å². The minimum absolute atomic E-state index is 0.785.